The van der Waals surface area contributed by atoms with Crippen LogP contribution in [0.3, 0.4) is 0 Å². The van der Waals surface area contributed by atoms with Crippen molar-refractivity contribution < 1.29 is 14.3 Å². The predicted octanol–water partition coefficient (Wildman–Crippen LogP) is 2.94. The molecule has 0 radical (unpaired) electrons. The van der Waals surface area contributed by atoms with Crippen molar-refractivity contribution in [2.24, 2.45) is 0 Å². The molecule has 120 valence electrons. The molecule has 2 rings (SSSR count). The van der Waals surface area contributed by atoms with Crippen molar-refractivity contribution in [3.8, 4) is 0 Å². The fourth-order valence-electron chi connectivity index (χ4n) is 1.87. The minimum atomic E-state index is -0.387. The Balaban J connectivity index is 2.10. The summed E-state index contributed by atoms with van der Waals surface area (Å²) in [4.78, 5) is 32.2. The van der Waals surface area contributed by atoms with Gasteiger partial charge in [-0.3, -0.25) is 4.79 Å². The van der Waals surface area contributed by atoms with Gasteiger partial charge in [0.1, 0.15) is 0 Å². The van der Waals surface area contributed by atoms with Gasteiger partial charge in [0.05, 0.1) is 23.4 Å². The van der Waals surface area contributed by atoms with Gasteiger partial charge in [0.15, 0.2) is 5.16 Å². The van der Waals surface area contributed by atoms with E-state index >= 15 is 0 Å². The van der Waals surface area contributed by atoms with Crippen LogP contribution in [0.15, 0.2) is 35.6 Å². The molecule has 1 aromatic carbocycles. The highest BCUT2D eigenvalue weighted by Crippen LogP contribution is 2.15. The number of hydrogen-bond donors (Lipinski definition) is 1. The molecule has 0 aliphatic rings. The quantitative estimate of drug-likeness (QED) is 0.515. The van der Waals surface area contributed by atoms with Crippen LogP contribution in [-0.4, -0.2) is 34.7 Å². The third-order valence-corrected chi connectivity index (χ3v) is 3.60. The number of nitrogens with one attached hydrogen (secondary N) is 1. The average molecular weight is 331 g/mol. The molecule has 1 N–H and O–H groups in total. The molecule has 23 heavy (non-hydrogen) atoms. The number of benzene rings is 1. The molecule has 0 bridgehead atoms. The zero-order valence-corrected chi connectivity index (χ0v) is 13.9. The van der Waals surface area contributed by atoms with E-state index in [0.29, 0.717) is 34.3 Å². The van der Waals surface area contributed by atoms with Crippen LogP contribution in [0.1, 0.15) is 33.3 Å². The predicted molar refractivity (Wildman–Crippen MR) is 88.9 cm³/mol. The number of ether oxygens (including phenoxy) is 1. The summed E-state index contributed by atoms with van der Waals surface area (Å²) >= 11 is 1.42. The molecular formula is C16H17N3O3S. The van der Waals surface area contributed by atoms with E-state index in [1.54, 1.807) is 38.1 Å². The lowest BCUT2D eigenvalue weighted by atomic mass is 10.2. The standard InChI is InChI=1S/C16H17N3O3S/c1-4-22-15(21)11-5-7-12(8-6-11)19-14(20)13-9-17-16(23-3)18-10(13)2/h5-9H,4H2,1-3H3,(H,19,20). The van der Waals surface area contributed by atoms with Crippen molar-refractivity contribution in [1.29, 1.82) is 0 Å². The Bertz CT molecular complexity index is 717. The van der Waals surface area contributed by atoms with E-state index in [1.165, 1.54) is 18.0 Å². The molecule has 0 spiro atoms. The SMILES string of the molecule is CCOC(=O)c1ccc(NC(=O)c2cnc(SC)nc2C)cc1. The molecule has 7 heteroatoms. The number of anilines is 1. The number of nitrogens with zero attached hydrogens (tertiary/aromatic N) is 2. The van der Waals surface area contributed by atoms with Crippen LogP contribution in [0.4, 0.5) is 5.69 Å². The first-order valence-electron chi connectivity index (χ1n) is 7.01. The van der Waals surface area contributed by atoms with Crippen LogP contribution < -0.4 is 5.32 Å². The Labute approximate surface area is 138 Å². The third kappa shape index (κ3) is 4.29. The van der Waals surface area contributed by atoms with E-state index in [4.69, 9.17) is 4.74 Å². The van der Waals surface area contributed by atoms with Crippen molar-refractivity contribution in [3.05, 3.63) is 47.3 Å². The van der Waals surface area contributed by atoms with Gasteiger partial charge in [0.25, 0.3) is 5.91 Å². The lowest BCUT2D eigenvalue weighted by Gasteiger charge is -2.08. The number of aryl methyl sites for hydroxylation is 1. The number of amides is 1. The zero-order valence-electron chi connectivity index (χ0n) is 13.1. The topological polar surface area (TPSA) is 81.2 Å². The molecule has 0 saturated heterocycles. The second-order valence-electron chi connectivity index (χ2n) is 4.61. The van der Waals surface area contributed by atoms with Gasteiger partial charge in [-0.1, -0.05) is 11.8 Å². The molecular weight excluding hydrogens is 314 g/mol. The second kappa shape index (κ2) is 7.73. The van der Waals surface area contributed by atoms with Gasteiger partial charge in [0.2, 0.25) is 0 Å². The Hall–Kier alpha value is -2.41. The second-order valence-corrected chi connectivity index (χ2v) is 5.38. The average Bonchev–Trinajstić information content (AvgIpc) is 2.55. The zero-order chi connectivity index (χ0) is 16.8. The van der Waals surface area contributed by atoms with Gasteiger partial charge in [-0.2, -0.15) is 0 Å². The number of aromatic nitrogens is 2. The monoisotopic (exact) mass is 331 g/mol. The van der Waals surface area contributed by atoms with E-state index in [1.807, 2.05) is 6.26 Å². The summed E-state index contributed by atoms with van der Waals surface area (Å²) in [6.45, 7) is 3.84. The number of carbonyl (C=O) groups excluding carboxylic acids is 2. The lowest BCUT2D eigenvalue weighted by Crippen LogP contribution is -2.15. The summed E-state index contributed by atoms with van der Waals surface area (Å²) < 4.78 is 4.91. The van der Waals surface area contributed by atoms with Gasteiger partial charge in [0, 0.05) is 11.9 Å². The fourth-order valence-corrected chi connectivity index (χ4v) is 2.26. The molecule has 0 aliphatic carbocycles. The summed E-state index contributed by atoms with van der Waals surface area (Å²) in [6, 6.07) is 6.51. The third-order valence-electron chi connectivity index (χ3n) is 3.04. The van der Waals surface area contributed by atoms with Crippen LogP contribution in [0.5, 0.6) is 0 Å². The van der Waals surface area contributed by atoms with Crippen LogP contribution in [0, 0.1) is 6.92 Å². The highest BCUT2D eigenvalue weighted by atomic mass is 32.2. The Kier molecular flexibility index (Phi) is 5.70. The lowest BCUT2D eigenvalue weighted by molar-refractivity contribution is 0.0526. The molecule has 1 heterocycles. The van der Waals surface area contributed by atoms with Gasteiger partial charge >= 0.3 is 5.97 Å². The Morgan fingerprint density at radius 1 is 1.26 bits per heavy atom. The molecule has 1 amide bonds. The summed E-state index contributed by atoms with van der Waals surface area (Å²) in [5.41, 5.74) is 2.05. The first kappa shape index (κ1) is 17.0. The fraction of sp³-hybridized carbons (Fsp3) is 0.250. The van der Waals surface area contributed by atoms with E-state index in [9.17, 15) is 9.59 Å². The van der Waals surface area contributed by atoms with E-state index in [2.05, 4.69) is 15.3 Å². The molecule has 1 aromatic heterocycles. The van der Waals surface area contributed by atoms with Crippen molar-refractivity contribution in [1.82, 2.24) is 9.97 Å². The molecule has 0 fully saturated rings. The van der Waals surface area contributed by atoms with Crippen molar-refractivity contribution in [2.75, 3.05) is 18.2 Å². The van der Waals surface area contributed by atoms with Gasteiger partial charge in [-0.15, -0.1) is 0 Å². The molecule has 2 aromatic rings. The first-order chi connectivity index (χ1) is 11.0. The number of esters is 1. The Morgan fingerprint density at radius 2 is 1.96 bits per heavy atom. The largest absolute Gasteiger partial charge is 0.462 e. The molecule has 6 nitrogen and oxygen atoms in total. The highest BCUT2D eigenvalue weighted by molar-refractivity contribution is 7.98. The molecule has 0 unspecified atom stereocenters. The van der Waals surface area contributed by atoms with Crippen LogP contribution in [0.2, 0.25) is 0 Å². The number of hydrogen-bond acceptors (Lipinski definition) is 6. The van der Waals surface area contributed by atoms with E-state index in [0.717, 1.165) is 0 Å². The van der Waals surface area contributed by atoms with Crippen molar-refractivity contribution in [2.45, 2.75) is 19.0 Å². The summed E-state index contributed by atoms with van der Waals surface area (Å²) in [7, 11) is 0. The van der Waals surface area contributed by atoms with Crippen LogP contribution in [-0.2, 0) is 4.74 Å². The maximum absolute atomic E-state index is 12.3. The first-order valence-corrected chi connectivity index (χ1v) is 8.23. The minimum absolute atomic E-state index is 0.293. The van der Waals surface area contributed by atoms with Crippen LogP contribution in [0.25, 0.3) is 0 Å². The summed E-state index contributed by atoms with van der Waals surface area (Å²) in [5, 5.41) is 3.38. The van der Waals surface area contributed by atoms with E-state index in [-0.39, 0.29) is 11.9 Å². The Morgan fingerprint density at radius 3 is 2.52 bits per heavy atom. The number of carbonyl (C=O) groups is 2. The summed E-state index contributed by atoms with van der Waals surface area (Å²) in [6.07, 6.45) is 3.39. The molecule has 0 atom stereocenters. The van der Waals surface area contributed by atoms with Gasteiger partial charge in [-0.25, -0.2) is 14.8 Å². The van der Waals surface area contributed by atoms with E-state index < -0.39 is 0 Å². The smallest absolute Gasteiger partial charge is 0.338 e. The molecule has 0 aliphatic heterocycles. The molecule has 0 saturated carbocycles. The highest BCUT2D eigenvalue weighted by Gasteiger charge is 2.12. The van der Waals surface area contributed by atoms with Crippen LogP contribution >= 0.6 is 11.8 Å². The minimum Gasteiger partial charge on any atom is -0.462 e. The van der Waals surface area contributed by atoms with Gasteiger partial charge < -0.3 is 10.1 Å². The summed E-state index contributed by atoms with van der Waals surface area (Å²) in [5.74, 6) is -0.679. The van der Waals surface area contributed by atoms with Gasteiger partial charge in [-0.05, 0) is 44.4 Å². The number of rotatable bonds is 5. The normalized spacial score (nSPS) is 10.2. The maximum Gasteiger partial charge on any atom is 0.338 e. The maximum atomic E-state index is 12.3. The van der Waals surface area contributed by atoms with Crippen molar-refractivity contribution in [3.63, 3.8) is 0 Å². The number of thioether (sulfide) groups is 1. The van der Waals surface area contributed by atoms with Crippen molar-refractivity contribution >= 4 is 29.3 Å².